The summed E-state index contributed by atoms with van der Waals surface area (Å²) in [5, 5.41) is 46.0. The van der Waals surface area contributed by atoms with E-state index in [0.29, 0.717) is 62.2 Å². The maximum atomic E-state index is 15.6. The van der Waals surface area contributed by atoms with Crippen molar-refractivity contribution in [3.63, 3.8) is 0 Å². The van der Waals surface area contributed by atoms with E-state index in [4.69, 9.17) is 11.6 Å². The van der Waals surface area contributed by atoms with Crippen LogP contribution in [0.5, 0.6) is 0 Å². The fourth-order valence-electron chi connectivity index (χ4n) is 14.3. The van der Waals surface area contributed by atoms with Crippen molar-refractivity contribution in [2.45, 2.75) is 271 Å². The molecule has 1 aliphatic carbocycles. The summed E-state index contributed by atoms with van der Waals surface area (Å²) in [4.78, 5) is 176. The van der Waals surface area contributed by atoms with Crippen molar-refractivity contribution < 1.29 is 68.1 Å². The number of aliphatic hydroxyl groups is 3. The first-order valence-electron chi connectivity index (χ1n) is 38.0. The predicted molar refractivity (Wildman–Crippen MR) is 397 cm³/mol. The fraction of sp³-hybridized carbons (Fsp3) is 0.776. The maximum absolute atomic E-state index is 15.6. The summed E-state index contributed by atoms with van der Waals surface area (Å²) in [7, 11) is 8.84. The number of nitrogens with zero attached hydrogens (tertiary/aromatic N) is 8. The highest BCUT2D eigenvalue weighted by atomic mass is 35.5. The zero-order valence-electron chi connectivity index (χ0n) is 65.1. The average molecular weight is 1470 g/mol. The molecule has 12 atom stereocenters. The van der Waals surface area contributed by atoms with E-state index in [1.54, 1.807) is 57.0 Å². The third-order valence-corrected chi connectivity index (χ3v) is 21.2. The van der Waals surface area contributed by atoms with Crippen LogP contribution in [0.4, 0.5) is 0 Å². The molecule has 1 aromatic carbocycles. The first kappa shape index (κ1) is 89.1. The maximum Gasteiger partial charge on any atom is 0.248 e. The molecule has 103 heavy (non-hydrogen) atoms. The van der Waals surface area contributed by atoms with Crippen LogP contribution in [0, 0.1) is 29.6 Å². The molecule has 7 N–H and O–H groups in total. The van der Waals surface area contributed by atoms with Crippen molar-refractivity contribution in [1.29, 1.82) is 0 Å². The second-order valence-corrected chi connectivity index (χ2v) is 31.5. The molecule has 2 aliphatic heterocycles. The third kappa shape index (κ3) is 26.6. The van der Waals surface area contributed by atoms with Gasteiger partial charge in [-0.05, 0) is 145 Å². The molecular formula is C76H129ClN12O14. The molecule has 0 radical (unpaired) electrons. The molecular weight excluding hydrogens is 1340 g/mol. The summed E-state index contributed by atoms with van der Waals surface area (Å²) in [6.45, 7) is 18.9. The number of amides is 10. The van der Waals surface area contributed by atoms with Crippen LogP contribution >= 0.6 is 11.6 Å². The van der Waals surface area contributed by atoms with Gasteiger partial charge in [0.05, 0.1) is 37.7 Å². The van der Waals surface area contributed by atoms with Crippen LogP contribution in [-0.4, -0.2) is 274 Å². The van der Waals surface area contributed by atoms with Crippen molar-refractivity contribution in [3.05, 3.63) is 34.9 Å². The molecule has 1 saturated carbocycles. The number of likely N-dealkylation sites (tertiary alicyclic amines) is 1. The molecule has 10 amide bonds. The number of carbonyl (C=O) groups excluding carboxylic acids is 11. The highest BCUT2D eigenvalue weighted by molar-refractivity contribution is 6.30. The SMILES string of the molecule is CCCN1CC(=O)N(C)[C@@H](CC(C)C)C(=O)N[C@H](C(=O)N2CCCCC2)CC(=O)N(C)[C@@H](C)C(=O)CN[C@@H](CCCCO)C(O)N(C)[C@@H](CC(C)C)C(=O)N(C)[C@@H](Cc2cccc(Cl)c2)C(=O)N[C@@H](C(C)C)C(=O)N(C)[C@@H](CCC2CCCCC2)C(=O)N(C)[C@@H](CC(C)C)C(=O)N[C@@H](C(C)O)C1=O. The van der Waals surface area contributed by atoms with Gasteiger partial charge in [0.15, 0.2) is 5.78 Å². The Kier molecular flexibility index (Phi) is 37.5. The number of aliphatic hydroxyl groups excluding tert-OH is 3. The number of carbonyl (C=O) groups is 11. The van der Waals surface area contributed by atoms with E-state index in [-0.39, 0.29) is 81.9 Å². The summed E-state index contributed by atoms with van der Waals surface area (Å²) in [5.74, 6) is -8.09. The third-order valence-electron chi connectivity index (χ3n) is 21.0. The van der Waals surface area contributed by atoms with Gasteiger partial charge in [0.1, 0.15) is 48.5 Å². The van der Waals surface area contributed by atoms with Gasteiger partial charge < -0.3 is 70.9 Å². The van der Waals surface area contributed by atoms with Crippen molar-refractivity contribution in [1.82, 2.24) is 60.5 Å². The quantitative estimate of drug-likeness (QED) is 0.0846. The number of hydrogen-bond acceptors (Lipinski definition) is 16. The van der Waals surface area contributed by atoms with Gasteiger partial charge in [-0.2, -0.15) is 0 Å². The topological polar surface area (TPSA) is 322 Å². The number of ketones is 1. The summed E-state index contributed by atoms with van der Waals surface area (Å²) < 4.78 is 0. The lowest BCUT2D eigenvalue weighted by Crippen LogP contribution is -2.62. The van der Waals surface area contributed by atoms with E-state index in [9.17, 15) is 44.1 Å². The Morgan fingerprint density at radius 3 is 1.70 bits per heavy atom. The number of unbranched alkanes of at least 4 members (excludes halogenated alkanes) is 1. The Labute approximate surface area is 619 Å². The van der Waals surface area contributed by atoms with Gasteiger partial charge in [0.2, 0.25) is 59.1 Å². The second kappa shape index (κ2) is 43.3. The first-order chi connectivity index (χ1) is 48.5. The molecule has 2 saturated heterocycles. The van der Waals surface area contributed by atoms with Gasteiger partial charge in [0.25, 0.3) is 0 Å². The number of nitrogens with one attached hydrogen (secondary N) is 4. The average Bonchev–Trinajstić information content (AvgIpc) is 0.817. The minimum absolute atomic E-state index is 0.0209. The van der Waals surface area contributed by atoms with Crippen LogP contribution in [0.3, 0.4) is 0 Å². The molecule has 27 heteroatoms. The van der Waals surface area contributed by atoms with Gasteiger partial charge in [0, 0.05) is 79.0 Å². The molecule has 0 bridgehead atoms. The van der Waals surface area contributed by atoms with Crippen LogP contribution in [0.15, 0.2) is 24.3 Å². The molecule has 2 unspecified atom stereocenters. The van der Waals surface area contributed by atoms with Gasteiger partial charge in [-0.15, -0.1) is 0 Å². The Morgan fingerprint density at radius 2 is 1.14 bits per heavy atom. The van der Waals surface area contributed by atoms with Crippen molar-refractivity contribution >= 4 is 76.5 Å². The standard InChI is InChI=1S/C76H129ClN12O14/c1-18-35-89-46-65(94)83(13)59(39-47(2)3)68(95)79-57(72(99)88-36-24-20-25-37-88)44-64(93)82(12)51(10)63(92)45-78-56(32-23-26-38-90)71(98)87(17)62(41-49(6)7)74(101)86(16)61(43-54-30-27-31-55(77)42-54)70(97)80-66(50(8)9)75(102)84(14)58(34-33-53-28-21-19-22-29-53)73(100)85(15)60(40-48(4)5)69(96)81-67(52(11)91)76(89)103/h27,30-31,42,47-53,56-62,66-67,71,78,90-91,98H,18-26,28-29,32-41,43-46H2,1-17H3,(H,79,95)(H,80,97)(H,81,96)/t51-,52?,56-,57-,58-,59-,60-,61-,62-,66-,67-,71?/m0/s1. The molecule has 3 aliphatic rings. The van der Waals surface area contributed by atoms with E-state index in [2.05, 4.69) is 21.3 Å². The number of hydrogen-bond donors (Lipinski definition) is 7. The minimum Gasteiger partial charge on any atom is -0.396 e. The van der Waals surface area contributed by atoms with Gasteiger partial charge in [-0.3, -0.25) is 57.6 Å². The summed E-state index contributed by atoms with van der Waals surface area (Å²) >= 11 is 6.55. The monoisotopic (exact) mass is 1470 g/mol. The van der Waals surface area contributed by atoms with Crippen LogP contribution in [0.25, 0.3) is 0 Å². The molecule has 3 fully saturated rings. The Bertz CT molecular complexity index is 2940. The zero-order chi connectivity index (χ0) is 77.3. The van der Waals surface area contributed by atoms with E-state index in [1.807, 2.05) is 41.5 Å². The lowest BCUT2D eigenvalue weighted by Gasteiger charge is -2.40. The number of benzene rings is 1. The summed E-state index contributed by atoms with van der Waals surface area (Å²) in [5.41, 5.74) is 0.587. The Morgan fingerprint density at radius 1 is 0.602 bits per heavy atom. The Balaban J connectivity index is 1.97. The number of halogens is 1. The fourth-order valence-corrected chi connectivity index (χ4v) is 14.5. The number of Topliss-reactive ketones (excluding diaryl/α,β-unsaturated/α-hetero) is 1. The number of likely N-dealkylation sites (N-methyl/N-ethyl adjacent to an activating group) is 6. The van der Waals surface area contributed by atoms with Gasteiger partial charge in [-0.1, -0.05) is 118 Å². The Hall–Kier alpha value is -6.32. The number of rotatable bonds is 20. The summed E-state index contributed by atoms with van der Waals surface area (Å²) in [6, 6.07) is -5.64. The van der Waals surface area contributed by atoms with Crippen molar-refractivity contribution in [3.8, 4) is 0 Å². The highest BCUT2D eigenvalue weighted by Gasteiger charge is 2.44. The number of piperidine rings is 1. The van der Waals surface area contributed by atoms with E-state index < -0.39 is 156 Å². The molecule has 0 aromatic heterocycles. The van der Waals surface area contributed by atoms with E-state index in [0.717, 1.165) is 38.5 Å². The lowest BCUT2D eigenvalue weighted by molar-refractivity contribution is -0.152. The van der Waals surface area contributed by atoms with Crippen LogP contribution < -0.4 is 21.3 Å². The normalized spacial score (nSPS) is 26.9. The van der Waals surface area contributed by atoms with Crippen LogP contribution in [0.2, 0.25) is 5.02 Å². The van der Waals surface area contributed by atoms with Gasteiger partial charge in [-0.25, -0.2) is 0 Å². The lowest BCUT2D eigenvalue weighted by atomic mass is 9.84. The smallest absolute Gasteiger partial charge is 0.248 e. The minimum atomic E-state index is -1.64. The molecule has 0 spiro atoms. The zero-order valence-corrected chi connectivity index (χ0v) is 65.8. The van der Waals surface area contributed by atoms with Crippen LogP contribution in [-0.2, 0) is 59.2 Å². The molecule has 584 valence electrons. The van der Waals surface area contributed by atoms with E-state index >= 15 is 24.0 Å². The highest BCUT2D eigenvalue weighted by Crippen LogP contribution is 2.30. The van der Waals surface area contributed by atoms with Crippen LogP contribution in [0.1, 0.15) is 197 Å². The van der Waals surface area contributed by atoms with Crippen molar-refractivity contribution in [2.75, 3.05) is 81.6 Å². The first-order valence-corrected chi connectivity index (χ1v) is 38.3. The molecule has 4 rings (SSSR count). The van der Waals surface area contributed by atoms with Crippen molar-refractivity contribution in [2.24, 2.45) is 29.6 Å². The summed E-state index contributed by atoms with van der Waals surface area (Å²) in [6.07, 6.45) is 5.95. The molecule has 2 heterocycles. The van der Waals surface area contributed by atoms with E-state index in [1.165, 1.54) is 83.4 Å². The predicted octanol–water partition coefficient (Wildman–Crippen LogP) is 4.99. The van der Waals surface area contributed by atoms with Gasteiger partial charge >= 0.3 is 0 Å². The largest absolute Gasteiger partial charge is 0.396 e. The molecule has 26 nitrogen and oxygen atoms in total. The second-order valence-electron chi connectivity index (χ2n) is 31.0. The molecule has 1 aromatic rings.